The summed E-state index contributed by atoms with van der Waals surface area (Å²) in [6, 6.07) is 0. The van der Waals surface area contributed by atoms with E-state index < -0.39 is 0 Å². The van der Waals surface area contributed by atoms with Crippen molar-refractivity contribution < 1.29 is 0 Å². The van der Waals surface area contributed by atoms with E-state index >= 15 is 0 Å². The summed E-state index contributed by atoms with van der Waals surface area (Å²) < 4.78 is 0. The highest BCUT2D eigenvalue weighted by atomic mass is 15.4. The molecule has 1 aliphatic heterocycles. The van der Waals surface area contributed by atoms with Crippen molar-refractivity contribution in [2.45, 2.75) is 136 Å². The molecule has 2 heteroatoms. The van der Waals surface area contributed by atoms with E-state index in [-0.39, 0.29) is 0 Å². The molecule has 0 N–H and O–H groups in total. The van der Waals surface area contributed by atoms with Crippen LogP contribution in [0.25, 0.3) is 0 Å². The van der Waals surface area contributed by atoms with Crippen molar-refractivity contribution in [3.63, 3.8) is 0 Å². The Bertz CT molecular complexity index is 339. The molecule has 0 aromatic heterocycles. The summed E-state index contributed by atoms with van der Waals surface area (Å²) in [5.74, 6) is 0. The number of nitrogens with zero attached hydrogens (tertiary/aromatic N) is 2. The van der Waals surface area contributed by atoms with Crippen LogP contribution in [0.3, 0.4) is 0 Å². The molecule has 1 aliphatic rings. The van der Waals surface area contributed by atoms with E-state index in [2.05, 4.69) is 43.0 Å². The number of rotatable bonds is 19. The largest absolute Gasteiger partial charge is 0.356 e. The number of unbranched alkanes of at least 4 members (excludes halogenated alkanes) is 14. The van der Waals surface area contributed by atoms with Gasteiger partial charge in [0, 0.05) is 25.5 Å². The highest BCUT2D eigenvalue weighted by molar-refractivity contribution is 4.96. The Kier molecular flexibility index (Phi) is 15.7. The topological polar surface area (TPSA) is 6.48 Å². The van der Waals surface area contributed by atoms with Gasteiger partial charge in [-0.25, -0.2) is 0 Å². The quantitative estimate of drug-likeness (QED) is 0.209. The minimum atomic E-state index is 0.636. The van der Waals surface area contributed by atoms with Crippen LogP contribution < -0.4 is 0 Å². The van der Waals surface area contributed by atoms with Gasteiger partial charge in [0.25, 0.3) is 0 Å². The lowest BCUT2D eigenvalue weighted by atomic mass is 10.0. The van der Waals surface area contributed by atoms with Crippen molar-refractivity contribution in [2.75, 3.05) is 13.1 Å². The van der Waals surface area contributed by atoms with E-state index in [4.69, 9.17) is 0 Å². The molecule has 0 spiro atoms. The summed E-state index contributed by atoms with van der Waals surface area (Å²) in [5, 5.41) is 0. The first-order valence-corrected chi connectivity index (χ1v) is 12.5. The molecular weight excluding hydrogens is 328 g/mol. The number of hydrogen-bond acceptors (Lipinski definition) is 2. The lowest BCUT2D eigenvalue weighted by Crippen LogP contribution is -2.38. The zero-order valence-electron chi connectivity index (χ0n) is 19.1. The molecule has 160 valence electrons. The minimum absolute atomic E-state index is 0.636. The Labute approximate surface area is 171 Å². The second-order valence-electron chi connectivity index (χ2n) is 8.59. The Morgan fingerprint density at radius 1 is 0.519 bits per heavy atom. The molecule has 0 aromatic rings. The normalized spacial score (nSPS) is 16.6. The second-order valence-corrected chi connectivity index (χ2v) is 8.59. The van der Waals surface area contributed by atoms with Crippen LogP contribution in [-0.4, -0.2) is 29.1 Å². The molecule has 0 saturated heterocycles. The fraction of sp³-hybridized carbons (Fsp3) is 0.920. The van der Waals surface area contributed by atoms with Crippen LogP contribution in [0.15, 0.2) is 12.4 Å². The fourth-order valence-electron chi connectivity index (χ4n) is 4.31. The van der Waals surface area contributed by atoms with Crippen molar-refractivity contribution in [2.24, 2.45) is 0 Å². The van der Waals surface area contributed by atoms with Crippen LogP contribution in [0.1, 0.15) is 130 Å². The summed E-state index contributed by atoms with van der Waals surface area (Å²) in [4.78, 5) is 5.11. The lowest BCUT2D eigenvalue weighted by molar-refractivity contribution is 0.143. The SMILES string of the molecule is CCCCCCCCCCCCCCCCN1C=CN(CC)C1CCCC. The van der Waals surface area contributed by atoms with Crippen molar-refractivity contribution in [3.05, 3.63) is 12.4 Å². The van der Waals surface area contributed by atoms with Gasteiger partial charge in [0.1, 0.15) is 6.17 Å². The van der Waals surface area contributed by atoms with Crippen LogP contribution in [0.4, 0.5) is 0 Å². The van der Waals surface area contributed by atoms with Crippen LogP contribution in [-0.2, 0) is 0 Å². The van der Waals surface area contributed by atoms with Gasteiger partial charge in [-0.2, -0.15) is 0 Å². The maximum atomic E-state index is 2.60. The Balaban J connectivity index is 1.90. The molecule has 2 nitrogen and oxygen atoms in total. The average Bonchev–Trinajstić information content (AvgIpc) is 3.08. The highest BCUT2D eigenvalue weighted by Crippen LogP contribution is 2.21. The first kappa shape index (κ1) is 24.4. The molecule has 0 aliphatic carbocycles. The monoisotopic (exact) mass is 378 g/mol. The maximum Gasteiger partial charge on any atom is 0.101 e. The molecule has 27 heavy (non-hydrogen) atoms. The van der Waals surface area contributed by atoms with Crippen molar-refractivity contribution >= 4 is 0 Å². The molecule has 0 saturated carbocycles. The Morgan fingerprint density at radius 3 is 1.44 bits per heavy atom. The molecule has 1 atom stereocenters. The fourth-order valence-corrected chi connectivity index (χ4v) is 4.31. The molecule has 1 heterocycles. The van der Waals surface area contributed by atoms with Crippen molar-refractivity contribution in [1.29, 1.82) is 0 Å². The molecule has 0 aromatic carbocycles. The van der Waals surface area contributed by atoms with Crippen molar-refractivity contribution in [3.8, 4) is 0 Å². The molecule has 1 unspecified atom stereocenters. The zero-order valence-corrected chi connectivity index (χ0v) is 19.1. The third-order valence-corrected chi connectivity index (χ3v) is 6.17. The smallest absolute Gasteiger partial charge is 0.101 e. The minimum Gasteiger partial charge on any atom is -0.356 e. The van der Waals surface area contributed by atoms with Gasteiger partial charge in [-0.1, -0.05) is 104 Å². The summed E-state index contributed by atoms with van der Waals surface area (Å²) >= 11 is 0. The van der Waals surface area contributed by atoms with Crippen LogP contribution in [0, 0.1) is 0 Å². The van der Waals surface area contributed by atoms with Gasteiger partial charge in [0.2, 0.25) is 0 Å². The van der Waals surface area contributed by atoms with Gasteiger partial charge >= 0.3 is 0 Å². The van der Waals surface area contributed by atoms with E-state index in [1.807, 2.05) is 0 Å². The first-order valence-electron chi connectivity index (χ1n) is 12.5. The molecule has 1 rings (SSSR count). The molecule has 0 amide bonds. The summed E-state index contributed by atoms with van der Waals surface area (Å²) in [7, 11) is 0. The zero-order chi connectivity index (χ0) is 19.6. The van der Waals surface area contributed by atoms with E-state index in [1.54, 1.807) is 0 Å². The van der Waals surface area contributed by atoms with Crippen molar-refractivity contribution in [1.82, 2.24) is 9.80 Å². The Hall–Kier alpha value is -0.660. The van der Waals surface area contributed by atoms with Gasteiger partial charge in [-0.3, -0.25) is 0 Å². The molecule has 0 radical (unpaired) electrons. The van der Waals surface area contributed by atoms with Gasteiger partial charge < -0.3 is 9.80 Å². The highest BCUT2D eigenvalue weighted by Gasteiger charge is 2.23. The van der Waals surface area contributed by atoms with Crippen LogP contribution >= 0.6 is 0 Å². The second kappa shape index (κ2) is 17.4. The molecule has 0 fully saturated rings. The third kappa shape index (κ3) is 11.7. The van der Waals surface area contributed by atoms with E-state index in [1.165, 1.54) is 116 Å². The summed E-state index contributed by atoms with van der Waals surface area (Å²) in [6.45, 7) is 9.27. The third-order valence-electron chi connectivity index (χ3n) is 6.17. The van der Waals surface area contributed by atoms with Gasteiger partial charge in [0.15, 0.2) is 0 Å². The predicted octanol–water partition coefficient (Wildman–Crippen LogP) is 8.09. The number of hydrogen-bond donors (Lipinski definition) is 0. The Morgan fingerprint density at radius 2 is 0.963 bits per heavy atom. The van der Waals surface area contributed by atoms with E-state index in [9.17, 15) is 0 Å². The summed E-state index contributed by atoms with van der Waals surface area (Å²) in [6.07, 6.45) is 29.5. The standard InChI is InChI=1S/C25H50N2/c1-4-7-9-10-11-12-13-14-15-16-17-18-19-20-22-27-24-23-26(6-3)25(27)21-8-5-2/h23-25H,4-22H2,1-3H3. The van der Waals surface area contributed by atoms with E-state index in [0.717, 1.165) is 6.54 Å². The predicted molar refractivity (Wildman–Crippen MR) is 122 cm³/mol. The van der Waals surface area contributed by atoms with Crippen LogP contribution in [0.5, 0.6) is 0 Å². The van der Waals surface area contributed by atoms with Gasteiger partial charge in [-0.05, 0) is 26.2 Å². The van der Waals surface area contributed by atoms with Crippen LogP contribution in [0.2, 0.25) is 0 Å². The van der Waals surface area contributed by atoms with Gasteiger partial charge in [0.05, 0.1) is 0 Å². The lowest BCUT2D eigenvalue weighted by Gasteiger charge is -2.32. The van der Waals surface area contributed by atoms with E-state index in [0.29, 0.717) is 6.17 Å². The summed E-state index contributed by atoms with van der Waals surface area (Å²) in [5.41, 5.74) is 0. The average molecular weight is 379 g/mol. The maximum absolute atomic E-state index is 2.60. The molecular formula is C25H50N2. The van der Waals surface area contributed by atoms with Gasteiger partial charge in [-0.15, -0.1) is 0 Å². The molecule has 0 bridgehead atoms. The first-order chi connectivity index (χ1) is 13.3.